The number of amides is 1. The van der Waals surface area contributed by atoms with Crippen LogP contribution in [0, 0.1) is 0 Å². The summed E-state index contributed by atoms with van der Waals surface area (Å²) in [7, 11) is -2.97. The highest BCUT2D eigenvalue weighted by molar-refractivity contribution is 7.85. The van der Waals surface area contributed by atoms with E-state index in [2.05, 4.69) is 5.32 Å². The Morgan fingerprint density at radius 1 is 1.21 bits per heavy atom. The third-order valence-corrected chi connectivity index (χ3v) is 2.77. The quantitative estimate of drug-likeness (QED) is 0.357. The summed E-state index contributed by atoms with van der Waals surface area (Å²) in [5, 5.41) is 13.2. The molecule has 0 radical (unpaired) electrons. The van der Waals surface area contributed by atoms with Crippen molar-refractivity contribution in [2.45, 2.75) is 18.9 Å². The third-order valence-electron chi connectivity index (χ3n) is 2.02. The number of carbonyl (C=O) groups excluding carboxylic acids is 2. The fourth-order valence-corrected chi connectivity index (χ4v) is 1.84. The Hall–Kier alpha value is -1.52. The highest BCUT2D eigenvalue weighted by atomic mass is 32.2. The molecule has 0 spiro atoms. The molecule has 0 heterocycles. The van der Waals surface area contributed by atoms with Crippen molar-refractivity contribution in [3.8, 4) is 0 Å². The lowest BCUT2D eigenvalue weighted by molar-refractivity contribution is -0.141. The topological polar surface area (TPSA) is 150 Å². The number of rotatable bonds is 9. The predicted molar refractivity (Wildman–Crippen MR) is 64.1 cm³/mol. The summed E-state index contributed by atoms with van der Waals surface area (Å²) in [5.74, 6) is -3.73. The molecule has 1 unspecified atom stereocenters. The first-order chi connectivity index (χ1) is 8.65. The first-order valence-corrected chi connectivity index (χ1v) is 6.90. The van der Waals surface area contributed by atoms with E-state index in [4.69, 9.17) is 9.66 Å². The van der Waals surface area contributed by atoms with Crippen molar-refractivity contribution >= 4 is 27.8 Å². The van der Waals surface area contributed by atoms with Crippen LogP contribution in [0.1, 0.15) is 12.8 Å². The molecule has 0 saturated heterocycles. The molecule has 0 aromatic rings. The minimum Gasteiger partial charge on any atom is -0.480 e. The number of carboxylic acid groups (broad SMARTS) is 1. The van der Waals surface area contributed by atoms with Crippen LogP contribution in [0.25, 0.3) is 0 Å². The van der Waals surface area contributed by atoms with Crippen LogP contribution < -0.4 is 10.6 Å². The van der Waals surface area contributed by atoms with Gasteiger partial charge in [-0.15, -0.1) is 0 Å². The van der Waals surface area contributed by atoms with Crippen LogP contribution in [0.3, 0.4) is 0 Å². The van der Waals surface area contributed by atoms with Crippen molar-refractivity contribution in [2.24, 2.45) is 0 Å². The lowest BCUT2D eigenvalue weighted by Crippen LogP contribution is -2.45. The molecule has 1 amide bonds. The number of Topliss-reactive ketones (excluding diaryl/α,β-unsaturated/α-hetero) is 1. The molecule has 4 N–H and O–H groups in total. The maximum absolute atomic E-state index is 11.3. The second-order valence-electron chi connectivity index (χ2n) is 3.78. The van der Waals surface area contributed by atoms with Gasteiger partial charge in [0.1, 0.15) is 17.6 Å². The molecule has 0 aliphatic rings. The van der Waals surface area contributed by atoms with Gasteiger partial charge >= 0.3 is 5.97 Å². The maximum atomic E-state index is 11.3. The van der Waals surface area contributed by atoms with E-state index < -0.39 is 33.8 Å². The van der Waals surface area contributed by atoms with E-state index in [0.717, 1.165) is 0 Å². The molecule has 0 aromatic carbocycles. The zero-order chi connectivity index (χ0) is 15.1. The standard InChI is InChI=1S/C9H16N2O7S/c1-10-4-6(12)2-3-8(13)11-7(9(14)15)5-19(16,17)18/h7,10H,2-5H2,1H3,(H,11,13)(H,14,15)(H,16,17,18). The second-order valence-corrected chi connectivity index (χ2v) is 5.27. The minimum absolute atomic E-state index is 0.0840. The van der Waals surface area contributed by atoms with Gasteiger partial charge in [-0.05, 0) is 7.05 Å². The van der Waals surface area contributed by atoms with Crippen LogP contribution in [0.5, 0.6) is 0 Å². The van der Waals surface area contributed by atoms with E-state index >= 15 is 0 Å². The van der Waals surface area contributed by atoms with Crippen molar-refractivity contribution in [3.05, 3.63) is 0 Å². The SMILES string of the molecule is CNCC(=O)CCC(=O)NC(CS(=O)(=O)O)C(=O)O. The lowest BCUT2D eigenvalue weighted by Gasteiger charge is -2.12. The Kier molecular flexibility index (Phi) is 7.19. The Bertz CT molecular complexity index is 445. The third kappa shape index (κ3) is 9.11. The number of nitrogens with one attached hydrogen (secondary N) is 2. The fourth-order valence-electron chi connectivity index (χ4n) is 1.19. The Labute approximate surface area is 110 Å². The molecule has 0 aromatic heterocycles. The van der Waals surface area contributed by atoms with Crippen LogP contribution in [0.2, 0.25) is 0 Å². The molecule has 1 atom stereocenters. The van der Waals surface area contributed by atoms with Crippen molar-refractivity contribution in [3.63, 3.8) is 0 Å². The summed E-state index contributed by atoms with van der Waals surface area (Å²) < 4.78 is 29.6. The molecule has 0 fully saturated rings. The number of hydrogen-bond donors (Lipinski definition) is 4. The maximum Gasteiger partial charge on any atom is 0.327 e. The molecule has 9 nitrogen and oxygen atoms in total. The van der Waals surface area contributed by atoms with Crippen LogP contribution in [0.15, 0.2) is 0 Å². The lowest BCUT2D eigenvalue weighted by atomic mass is 10.2. The molecule has 110 valence electrons. The van der Waals surface area contributed by atoms with Gasteiger partial charge in [0.2, 0.25) is 5.91 Å². The molecular formula is C9H16N2O7S. The smallest absolute Gasteiger partial charge is 0.327 e. The van der Waals surface area contributed by atoms with Gasteiger partial charge < -0.3 is 15.7 Å². The van der Waals surface area contributed by atoms with Crippen molar-refractivity contribution < 1.29 is 32.5 Å². The number of carboxylic acids is 1. The fraction of sp³-hybridized carbons (Fsp3) is 0.667. The molecule has 0 saturated carbocycles. The van der Waals surface area contributed by atoms with Gasteiger partial charge in [0.05, 0.1) is 6.54 Å². The first kappa shape index (κ1) is 17.5. The van der Waals surface area contributed by atoms with E-state index in [0.29, 0.717) is 0 Å². The number of carbonyl (C=O) groups is 3. The number of hydrogen-bond acceptors (Lipinski definition) is 6. The first-order valence-electron chi connectivity index (χ1n) is 5.29. The van der Waals surface area contributed by atoms with Gasteiger partial charge in [0, 0.05) is 12.8 Å². The van der Waals surface area contributed by atoms with E-state index in [1.54, 1.807) is 7.05 Å². The van der Waals surface area contributed by atoms with Crippen LogP contribution >= 0.6 is 0 Å². The summed E-state index contributed by atoms with van der Waals surface area (Å²) in [6, 6.07) is -1.75. The highest BCUT2D eigenvalue weighted by Crippen LogP contribution is 1.96. The predicted octanol–water partition coefficient (Wildman–Crippen LogP) is -1.99. The van der Waals surface area contributed by atoms with E-state index in [1.807, 2.05) is 5.32 Å². The Balaban J connectivity index is 4.33. The number of aliphatic carboxylic acids is 1. The zero-order valence-corrected chi connectivity index (χ0v) is 11.1. The summed E-state index contributed by atoms with van der Waals surface area (Å²) in [5.41, 5.74) is 0. The van der Waals surface area contributed by atoms with Crippen molar-refractivity contribution in [1.29, 1.82) is 0 Å². The van der Waals surface area contributed by atoms with E-state index in [1.165, 1.54) is 0 Å². The zero-order valence-electron chi connectivity index (χ0n) is 10.2. The van der Waals surface area contributed by atoms with Gasteiger partial charge in [-0.2, -0.15) is 8.42 Å². The van der Waals surface area contributed by atoms with E-state index in [9.17, 15) is 22.8 Å². The number of likely N-dealkylation sites (N-methyl/N-ethyl adjacent to an activating group) is 1. The number of ketones is 1. The summed E-state index contributed by atoms with van der Waals surface area (Å²) in [4.78, 5) is 33.1. The molecule has 0 aliphatic heterocycles. The van der Waals surface area contributed by atoms with Gasteiger partial charge in [-0.3, -0.25) is 14.1 Å². The van der Waals surface area contributed by atoms with Gasteiger partial charge in [0.25, 0.3) is 10.1 Å². The average Bonchev–Trinajstić information content (AvgIpc) is 2.24. The molecule has 10 heteroatoms. The molecule has 0 rings (SSSR count). The van der Waals surface area contributed by atoms with Crippen molar-refractivity contribution in [2.75, 3.05) is 19.3 Å². The summed E-state index contributed by atoms with van der Waals surface area (Å²) >= 11 is 0. The molecule has 0 aliphatic carbocycles. The minimum atomic E-state index is -4.53. The molecule has 19 heavy (non-hydrogen) atoms. The van der Waals surface area contributed by atoms with Crippen molar-refractivity contribution in [1.82, 2.24) is 10.6 Å². The van der Waals surface area contributed by atoms with Gasteiger partial charge in [-0.1, -0.05) is 0 Å². The molecular weight excluding hydrogens is 280 g/mol. The van der Waals surface area contributed by atoms with Gasteiger partial charge in [0.15, 0.2) is 0 Å². The van der Waals surface area contributed by atoms with E-state index in [-0.39, 0.29) is 25.2 Å². The normalized spacial score (nSPS) is 12.7. The highest BCUT2D eigenvalue weighted by Gasteiger charge is 2.25. The van der Waals surface area contributed by atoms with Crippen LogP contribution in [-0.2, 0) is 24.5 Å². The van der Waals surface area contributed by atoms with Gasteiger partial charge in [-0.25, -0.2) is 4.79 Å². The van der Waals surface area contributed by atoms with Crippen LogP contribution in [-0.4, -0.2) is 61.1 Å². The monoisotopic (exact) mass is 296 g/mol. The molecule has 0 bridgehead atoms. The summed E-state index contributed by atoms with van der Waals surface area (Å²) in [6.45, 7) is 0.0840. The summed E-state index contributed by atoms with van der Waals surface area (Å²) in [6.07, 6.45) is -0.347. The van der Waals surface area contributed by atoms with Crippen LogP contribution in [0.4, 0.5) is 0 Å². The largest absolute Gasteiger partial charge is 0.480 e. The Morgan fingerprint density at radius 2 is 1.79 bits per heavy atom. The Morgan fingerprint density at radius 3 is 2.21 bits per heavy atom. The second kappa shape index (κ2) is 7.81. The average molecular weight is 296 g/mol.